The lowest BCUT2D eigenvalue weighted by Crippen LogP contribution is -2.24. The number of aromatic nitrogens is 1. The summed E-state index contributed by atoms with van der Waals surface area (Å²) in [4.78, 5) is 16.0. The van der Waals surface area contributed by atoms with Crippen molar-refractivity contribution in [1.29, 1.82) is 0 Å². The summed E-state index contributed by atoms with van der Waals surface area (Å²) in [6.45, 7) is 2.43. The average Bonchev–Trinajstić information content (AvgIpc) is 2.76. The van der Waals surface area contributed by atoms with E-state index in [1.54, 1.807) is 23.5 Å². The molecule has 2 aromatic rings. The van der Waals surface area contributed by atoms with E-state index in [4.69, 9.17) is 5.73 Å². The molecule has 0 atom stereocenters. The average molecular weight is 261 g/mol. The van der Waals surface area contributed by atoms with E-state index in [0.29, 0.717) is 18.7 Å². The minimum Gasteiger partial charge on any atom is -0.399 e. The highest BCUT2D eigenvalue weighted by Gasteiger charge is 2.04. The number of nitrogens with zero attached hydrogens (tertiary/aromatic N) is 1. The summed E-state index contributed by atoms with van der Waals surface area (Å²) < 4.78 is 0. The van der Waals surface area contributed by atoms with Crippen LogP contribution in [-0.2, 0) is 17.8 Å². The van der Waals surface area contributed by atoms with Crippen LogP contribution in [0.5, 0.6) is 0 Å². The van der Waals surface area contributed by atoms with Gasteiger partial charge in [0, 0.05) is 11.1 Å². The number of benzene rings is 1. The van der Waals surface area contributed by atoms with Gasteiger partial charge < -0.3 is 11.1 Å². The number of nitrogen functional groups attached to an aromatic ring is 1. The predicted octanol–water partition coefficient (Wildman–Crippen LogP) is 1.89. The third-order valence-electron chi connectivity index (χ3n) is 2.48. The second-order valence-corrected chi connectivity index (χ2v) is 5.12. The van der Waals surface area contributed by atoms with Crippen molar-refractivity contribution in [1.82, 2.24) is 10.3 Å². The number of carbonyl (C=O) groups excluding carboxylic acids is 1. The molecule has 1 amide bonds. The molecule has 5 heteroatoms. The third-order valence-corrected chi connectivity index (χ3v) is 3.30. The molecule has 0 aliphatic rings. The topological polar surface area (TPSA) is 68.0 Å². The Kier molecular flexibility index (Phi) is 3.94. The molecule has 0 fully saturated rings. The molecule has 1 aromatic carbocycles. The highest BCUT2D eigenvalue weighted by molar-refractivity contribution is 7.09. The maximum atomic E-state index is 11.7. The van der Waals surface area contributed by atoms with Crippen molar-refractivity contribution < 1.29 is 4.79 Å². The van der Waals surface area contributed by atoms with Crippen molar-refractivity contribution in [3.8, 4) is 0 Å². The van der Waals surface area contributed by atoms with E-state index in [1.165, 1.54) is 0 Å². The maximum absolute atomic E-state index is 11.7. The van der Waals surface area contributed by atoms with Crippen LogP contribution in [0.4, 0.5) is 5.69 Å². The molecule has 3 N–H and O–H groups in total. The smallest absolute Gasteiger partial charge is 0.224 e. The first-order chi connectivity index (χ1) is 8.63. The lowest BCUT2D eigenvalue weighted by molar-refractivity contribution is -0.120. The van der Waals surface area contributed by atoms with Crippen LogP contribution in [0, 0.1) is 6.92 Å². The number of rotatable bonds is 4. The summed E-state index contributed by atoms with van der Waals surface area (Å²) in [6, 6.07) is 7.32. The number of hydrogen-bond acceptors (Lipinski definition) is 4. The van der Waals surface area contributed by atoms with E-state index < -0.39 is 0 Å². The van der Waals surface area contributed by atoms with Crippen LogP contribution >= 0.6 is 11.3 Å². The van der Waals surface area contributed by atoms with Crippen LogP contribution in [-0.4, -0.2) is 10.9 Å². The zero-order valence-corrected chi connectivity index (χ0v) is 11.0. The lowest BCUT2D eigenvalue weighted by Gasteiger charge is -2.04. The minimum absolute atomic E-state index is 0.00887. The highest BCUT2D eigenvalue weighted by atomic mass is 32.1. The Labute approximate surface area is 110 Å². The Morgan fingerprint density at radius 3 is 2.72 bits per heavy atom. The fraction of sp³-hybridized carbons (Fsp3) is 0.231. The highest BCUT2D eigenvalue weighted by Crippen LogP contribution is 2.08. The number of nitrogens with two attached hydrogens (primary N) is 1. The standard InChI is InChI=1S/C13H15N3OS/c1-9-16-12(8-18-9)7-15-13(17)6-10-2-4-11(14)5-3-10/h2-5,8H,6-7,14H2,1H3,(H,15,17). The van der Waals surface area contributed by atoms with Gasteiger partial charge in [-0.15, -0.1) is 11.3 Å². The van der Waals surface area contributed by atoms with Crippen LogP contribution in [0.1, 0.15) is 16.3 Å². The molecule has 0 spiro atoms. The molecule has 0 radical (unpaired) electrons. The normalized spacial score (nSPS) is 10.3. The molecule has 1 aromatic heterocycles. The van der Waals surface area contributed by atoms with Gasteiger partial charge in [-0.05, 0) is 24.6 Å². The van der Waals surface area contributed by atoms with Crippen molar-refractivity contribution in [2.24, 2.45) is 0 Å². The summed E-state index contributed by atoms with van der Waals surface area (Å²) in [7, 11) is 0. The molecule has 94 valence electrons. The van der Waals surface area contributed by atoms with Crippen LogP contribution in [0.15, 0.2) is 29.6 Å². The monoisotopic (exact) mass is 261 g/mol. The van der Waals surface area contributed by atoms with Gasteiger partial charge in [-0.25, -0.2) is 4.98 Å². The molecule has 0 saturated carbocycles. The second-order valence-electron chi connectivity index (χ2n) is 4.05. The van der Waals surface area contributed by atoms with Crippen molar-refractivity contribution in [2.45, 2.75) is 19.9 Å². The van der Waals surface area contributed by atoms with E-state index in [-0.39, 0.29) is 5.91 Å². The first-order valence-electron chi connectivity index (χ1n) is 5.65. The van der Waals surface area contributed by atoms with Gasteiger partial charge in [0.15, 0.2) is 0 Å². The zero-order chi connectivity index (χ0) is 13.0. The van der Waals surface area contributed by atoms with Gasteiger partial charge in [-0.3, -0.25) is 4.79 Å². The van der Waals surface area contributed by atoms with Gasteiger partial charge in [0.05, 0.1) is 23.7 Å². The first kappa shape index (κ1) is 12.6. The number of amides is 1. The van der Waals surface area contributed by atoms with Crippen LogP contribution < -0.4 is 11.1 Å². The van der Waals surface area contributed by atoms with Crippen LogP contribution in [0.3, 0.4) is 0 Å². The minimum atomic E-state index is -0.00887. The van der Waals surface area contributed by atoms with Gasteiger partial charge in [0.1, 0.15) is 0 Å². The van der Waals surface area contributed by atoms with Gasteiger partial charge >= 0.3 is 0 Å². The predicted molar refractivity (Wildman–Crippen MR) is 73.3 cm³/mol. The molecular formula is C13H15N3OS. The second kappa shape index (κ2) is 5.64. The molecule has 0 aliphatic carbocycles. The Hall–Kier alpha value is -1.88. The SMILES string of the molecule is Cc1nc(CNC(=O)Cc2ccc(N)cc2)cs1. The molecule has 1 heterocycles. The fourth-order valence-electron chi connectivity index (χ4n) is 1.56. The largest absolute Gasteiger partial charge is 0.399 e. The van der Waals surface area contributed by atoms with Gasteiger partial charge in [0.25, 0.3) is 0 Å². The van der Waals surface area contributed by atoms with Crippen molar-refractivity contribution in [3.63, 3.8) is 0 Å². The Morgan fingerprint density at radius 2 is 2.11 bits per heavy atom. The van der Waals surface area contributed by atoms with E-state index in [9.17, 15) is 4.79 Å². The van der Waals surface area contributed by atoms with E-state index in [1.807, 2.05) is 24.4 Å². The fourth-order valence-corrected chi connectivity index (χ4v) is 2.17. The Morgan fingerprint density at radius 1 is 1.39 bits per heavy atom. The van der Waals surface area contributed by atoms with Crippen LogP contribution in [0.25, 0.3) is 0 Å². The summed E-state index contributed by atoms with van der Waals surface area (Å²) in [5, 5.41) is 5.82. The van der Waals surface area contributed by atoms with Crippen molar-refractivity contribution >= 4 is 22.9 Å². The number of aryl methyl sites for hydroxylation is 1. The molecule has 0 aliphatic heterocycles. The number of hydrogen-bond donors (Lipinski definition) is 2. The van der Waals surface area contributed by atoms with E-state index in [2.05, 4.69) is 10.3 Å². The Balaban J connectivity index is 1.83. The number of carbonyl (C=O) groups is 1. The summed E-state index contributed by atoms with van der Waals surface area (Å²) in [6.07, 6.45) is 0.364. The van der Waals surface area contributed by atoms with Crippen LogP contribution in [0.2, 0.25) is 0 Å². The van der Waals surface area contributed by atoms with Gasteiger partial charge in [-0.2, -0.15) is 0 Å². The van der Waals surface area contributed by atoms with E-state index >= 15 is 0 Å². The third kappa shape index (κ3) is 3.56. The van der Waals surface area contributed by atoms with Crippen molar-refractivity contribution in [2.75, 3.05) is 5.73 Å². The Bertz CT molecular complexity index is 533. The summed E-state index contributed by atoms with van der Waals surface area (Å²) >= 11 is 1.59. The van der Waals surface area contributed by atoms with E-state index in [0.717, 1.165) is 16.3 Å². The molecule has 0 saturated heterocycles. The molecule has 18 heavy (non-hydrogen) atoms. The molecule has 4 nitrogen and oxygen atoms in total. The van der Waals surface area contributed by atoms with Gasteiger partial charge in [-0.1, -0.05) is 12.1 Å². The maximum Gasteiger partial charge on any atom is 0.224 e. The molecule has 0 unspecified atom stereocenters. The molecular weight excluding hydrogens is 246 g/mol. The number of anilines is 1. The number of thiazole rings is 1. The first-order valence-corrected chi connectivity index (χ1v) is 6.53. The quantitative estimate of drug-likeness (QED) is 0.826. The van der Waals surface area contributed by atoms with Crippen molar-refractivity contribution in [3.05, 3.63) is 45.9 Å². The number of nitrogens with one attached hydrogen (secondary N) is 1. The van der Waals surface area contributed by atoms with Gasteiger partial charge in [0.2, 0.25) is 5.91 Å². The molecule has 0 bridgehead atoms. The molecule has 2 rings (SSSR count). The summed E-state index contributed by atoms with van der Waals surface area (Å²) in [5.74, 6) is -0.00887. The summed E-state index contributed by atoms with van der Waals surface area (Å²) in [5.41, 5.74) is 8.15. The zero-order valence-electron chi connectivity index (χ0n) is 10.1. The lowest BCUT2D eigenvalue weighted by atomic mass is 10.1.